The Morgan fingerprint density at radius 1 is 1.30 bits per heavy atom. The average Bonchev–Trinajstić information content (AvgIpc) is 2.40. The van der Waals surface area contributed by atoms with E-state index >= 15 is 0 Å². The van der Waals surface area contributed by atoms with Crippen molar-refractivity contribution in [2.24, 2.45) is 0 Å². The van der Waals surface area contributed by atoms with Crippen LogP contribution in [0.3, 0.4) is 0 Å². The zero-order valence-corrected chi connectivity index (χ0v) is 12.6. The minimum atomic E-state index is -0.919. The number of anilines is 1. The molecule has 1 N–H and O–H groups in total. The summed E-state index contributed by atoms with van der Waals surface area (Å²) in [6.07, 6.45) is 2.06. The summed E-state index contributed by atoms with van der Waals surface area (Å²) in [6.45, 7) is 4.06. The Labute approximate surface area is 124 Å². The van der Waals surface area contributed by atoms with Crippen LogP contribution in [0, 0.1) is 6.92 Å². The third kappa shape index (κ3) is 4.85. The molecule has 0 aromatic heterocycles. The third-order valence-corrected chi connectivity index (χ3v) is 3.29. The van der Waals surface area contributed by atoms with Crippen LogP contribution in [0.5, 0.6) is 0 Å². The number of carbonyl (C=O) groups is 2. The molecule has 0 saturated heterocycles. The van der Waals surface area contributed by atoms with Crippen LogP contribution in [0.1, 0.15) is 38.2 Å². The van der Waals surface area contributed by atoms with Crippen LogP contribution in [-0.4, -0.2) is 23.5 Å². The van der Waals surface area contributed by atoms with Gasteiger partial charge >= 0.3 is 5.97 Å². The molecule has 0 aliphatic carbocycles. The summed E-state index contributed by atoms with van der Waals surface area (Å²) in [7, 11) is 0. The van der Waals surface area contributed by atoms with Crippen LogP contribution in [0.25, 0.3) is 0 Å². The zero-order chi connectivity index (χ0) is 15.1. The molecule has 0 heterocycles. The lowest BCUT2D eigenvalue weighted by molar-refractivity contribution is -0.136. The van der Waals surface area contributed by atoms with E-state index in [9.17, 15) is 9.59 Å². The highest BCUT2D eigenvalue weighted by molar-refractivity contribution is 6.31. The van der Waals surface area contributed by atoms with Crippen molar-refractivity contribution < 1.29 is 14.7 Å². The average molecular weight is 298 g/mol. The highest BCUT2D eigenvalue weighted by atomic mass is 35.5. The molecule has 1 aromatic rings. The molecule has 0 bridgehead atoms. The van der Waals surface area contributed by atoms with E-state index in [4.69, 9.17) is 16.7 Å². The summed E-state index contributed by atoms with van der Waals surface area (Å²) in [6, 6.07) is 5.30. The molecule has 5 heteroatoms. The Morgan fingerprint density at radius 2 is 2.00 bits per heavy atom. The predicted molar refractivity (Wildman–Crippen MR) is 80.3 cm³/mol. The number of carboxylic acid groups (broad SMARTS) is 1. The summed E-state index contributed by atoms with van der Waals surface area (Å²) in [4.78, 5) is 24.6. The fourth-order valence-electron chi connectivity index (χ4n) is 1.92. The van der Waals surface area contributed by atoms with E-state index < -0.39 is 5.97 Å². The van der Waals surface area contributed by atoms with Crippen molar-refractivity contribution in [3.05, 3.63) is 28.8 Å². The van der Waals surface area contributed by atoms with Gasteiger partial charge in [-0.15, -0.1) is 0 Å². The van der Waals surface area contributed by atoms with Gasteiger partial charge in [0.25, 0.3) is 0 Å². The Bertz CT molecular complexity index is 488. The van der Waals surface area contributed by atoms with Crippen LogP contribution in [-0.2, 0) is 9.59 Å². The number of halogens is 1. The molecule has 0 saturated carbocycles. The van der Waals surface area contributed by atoms with Gasteiger partial charge in [0.05, 0.1) is 6.42 Å². The summed E-state index contributed by atoms with van der Waals surface area (Å²) in [5.41, 5.74) is 1.60. The number of carbonyl (C=O) groups excluding carboxylic acids is 1. The van der Waals surface area contributed by atoms with Crippen LogP contribution in [0.4, 0.5) is 5.69 Å². The Morgan fingerprint density at radius 3 is 2.60 bits per heavy atom. The maximum absolute atomic E-state index is 12.3. The fourth-order valence-corrected chi connectivity index (χ4v) is 2.09. The first-order valence-corrected chi connectivity index (χ1v) is 7.11. The summed E-state index contributed by atoms with van der Waals surface area (Å²) in [5.74, 6) is -0.976. The number of amides is 1. The molecule has 0 unspecified atom stereocenters. The molecule has 0 radical (unpaired) electrons. The lowest BCUT2D eigenvalue weighted by Gasteiger charge is -2.24. The van der Waals surface area contributed by atoms with E-state index in [-0.39, 0.29) is 18.9 Å². The number of benzene rings is 1. The molecule has 0 spiro atoms. The van der Waals surface area contributed by atoms with E-state index in [2.05, 4.69) is 0 Å². The van der Waals surface area contributed by atoms with Crippen molar-refractivity contribution in [2.45, 2.75) is 39.5 Å². The number of carboxylic acids is 1. The monoisotopic (exact) mass is 297 g/mol. The van der Waals surface area contributed by atoms with E-state index in [1.807, 2.05) is 19.9 Å². The molecule has 1 rings (SSSR count). The van der Waals surface area contributed by atoms with Crippen LogP contribution >= 0.6 is 11.6 Å². The smallest absolute Gasteiger partial charge is 0.305 e. The first-order chi connectivity index (χ1) is 9.45. The molecule has 110 valence electrons. The minimum Gasteiger partial charge on any atom is -0.481 e. The van der Waals surface area contributed by atoms with Crippen molar-refractivity contribution in [3.63, 3.8) is 0 Å². The number of hydrogen-bond acceptors (Lipinski definition) is 2. The molecule has 0 atom stereocenters. The van der Waals surface area contributed by atoms with Gasteiger partial charge in [-0.05, 0) is 31.0 Å². The SMILES string of the molecule is CCCCC(=O)N(CCC(=O)O)c1cc(Cl)ccc1C. The third-order valence-electron chi connectivity index (χ3n) is 3.06. The predicted octanol–water partition coefficient (Wildman–Crippen LogP) is 3.65. The Balaban J connectivity index is 2.98. The largest absolute Gasteiger partial charge is 0.481 e. The molecule has 4 nitrogen and oxygen atoms in total. The molecule has 1 aromatic carbocycles. The molecule has 20 heavy (non-hydrogen) atoms. The molecule has 0 fully saturated rings. The normalized spacial score (nSPS) is 10.3. The van der Waals surface area contributed by atoms with Gasteiger partial charge in [-0.2, -0.15) is 0 Å². The number of nitrogens with zero attached hydrogens (tertiary/aromatic N) is 1. The number of aryl methyl sites for hydroxylation is 1. The number of rotatable bonds is 7. The maximum atomic E-state index is 12.3. The second kappa shape index (κ2) is 7.90. The molecular weight excluding hydrogens is 278 g/mol. The first-order valence-electron chi connectivity index (χ1n) is 6.74. The van der Waals surface area contributed by atoms with E-state index in [0.29, 0.717) is 17.1 Å². The van der Waals surface area contributed by atoms with Gasteiger partial charge in [-0.1, -0.05) is 31.0 Å². The van der Waals surface area contributed by atoms with Gasteiger partial charge in [-0.3, -0.25) is 9.59 Å². The van der Waals surface area contributed by atoms with Gasteiger partial charge in [-0.25, -0.2) is 0 Å². The lowest BCUT2D eigenvalue weighted by Crippen LogP contribution is -2.33. The number of hydrogen-bond donors (Lipinski definition) is 1. The van der Waals surface area contributed by atoms with Gasteiger partial charge < -0.3 is 10.0 Å². The lowest BCUT2D eigenvalue weighted by atomic mass is 10.1. The van der Waals surface area contributed by atoms with Gasteiger partial charge in [0.2, 0.25) is 5.91 Å². The summed E-state index contributed by atoms with van der Waals surface area (Å²) >= 11 is 5.98. The van der Waals surface area contributed by atoms with Gasteiger partial charge in [0.1, 0.15) is 0 Å². The summed E-state index contributed by atoms with van der Waals surface area (Å²) in [5, 5.41) is 9.36. The Kier molecular flexibility index (Phi) is 6.52. The topological polar surface area (TPSA) is 57.6 Å². The second-order valence-electron chi connectivity index (χ2n) is 4.72. The highest BCUT2D eigenvalue weighted by Gasteiger charge is 2.18. The number of aliphatic carboxylic acids is 1. The van der Waals surface area contributed by atoms with Crippen molar-refractivity contribution in [2.75, 3.05) is 11.4 Å². The first kappa shape index (κ1) is 16.5. The van der Waals surface area contributed by atoms with Gasteiger partial charge in [0, 0.05) is 23.7 Å². The van der Waals surface area contributed by atoms with Crippen LogP contribution < -0.4 is 4.90 Å². The van der Waals surface area contributed by atoms with E-state index in [1.165, 1.54) is 4.90 Å². The number of unbranched alkanes of at least 4 members (excludes halogenated alkanes) is 1. The van der Waals surface area contributed by atoms with Crippen LogP contribution in [0.15, 0.2) is 18.2 Å². The second-order valence-corrected chi connectivity index (χ2v) is 5.16. The van der Waals surface area contributed by atoms with E-state index in [1.54, 1.807) is 12.1 Å². The molecule has 0 aliphatic heterocycles. The van der Waals surface area contributed by atoms with Crippen molar-refractivity contribution in [1.29, 1.82) is 0 Å². The quantitative estimate of drug-likeness (QED) is 0.836. The fraction of sp³-hybridized carbons (Fsp3) is 0.467. The van der Waals surface area contributed by atoms with Crippen molar-refractivity contribution in [3.8, 4) is 0 Å². The van der Waals surface area contributed by atoms with Crippen LogP contribution in [0.2, 0.25) is 5.02 Å². The van der Waals surface area contributed by atoms with E-state index in [0.717, 1.165) is 18.4 Å². The summed E-state index contributed by atoms with van der Waals surface area (Å²) < 4.78 is 0. The molecular formula is C15H20ClNO3. The van der Waals surface area contributed by atoms with Gasteiger partial charge in [0.15, 0.2) is 0 Å². The standard InChI is InChI=1S/C15H20ClNO3/c1-3-4-5-14(18)17(9-8-15(19)20)13-10-12(16)7-6-11(13)2/h6-7,10H,3-5,8-9H2,1-2H3,(H,19,20). The Hall–Kier alpha value is -1.55. The maximum Gasteiger partial charge on any atom is 0.305 e. The minimum absolute atomic E-state index is 0.0570. The zero-order valence-electron chi connectivity index (χ0n) is 11.9. The molecule has 1 amide bonds. The van der Waals surface area contributed by atoms with Crippen molar-refractivity contribution in [1.82, 2.24) is 0 Å². The van der Waals surface area contributed by atoms with Crippen molar-refractivity contribution >= 4 is 29.2 Å². The highest BCUT2D eigenvalue weighted by Crippen LogP contribution is 2.25. The molecule has 0 aliphatic rings.